The molecule has 0 atom stereocenters. The molecule has 1 amide bonds. The number of aromatic nitrogens is 1. The molecule has 2 heterocycles. The number of amides is 1. The maximum atomic E-state index is 12.0. The first-order valence-electron chi connectivity index (χ1n) is 6.62. The molecule has 0 radical (unpaired) electrons. The van der Waals surface area contributed by atoms with Gasteiger partial charge in [-0.1, -0.05) is 13.8 Å². The van der Waals surface area contributed by atoms with Crippen LogP contribution < -0.4 is 5.32 Å². The highest BCUT2D eigenvalue weighted by molar-refractivity contribution is 7.09. The lowest BCUT2D eigenvalue weighted by atomic mass is 10.1. The predicted molar refractivity (Wildman–Crippen MR) is 77.7 cm³/mol. The van der Waals surface area contributed by atoms with Crippen LogP contribution in [0.1, 0.15) is 51.2 Å². The molecule has 0 aromatic carbocycles. The van der Waals surface area contributed by atoms with Crippen LogP contribution in [-0.4, -0.2) is 22.0 Å². The number of rotatable bonds is 6. The largest absolute Gasteiger partial charge is 0.476 e. The Balaban J connectivity index is 2.00. The fourth-order valence-corrected chi connectivity index (χ4v) is 2.62. The summed E-state index contributed by atoms with van der Waals surface area (Å²) in [6.45, 7) is 4.16. The lowest BCUT2D eigenvalue weighted by Gasteiger charge is -1.99. The van der Waals surface area contributed by atoms with Crippen LogP contribution in [0.2, 0.25) is 0 Å². The summed E-state index contributed by atoms with van der Waals surface area (Å²) in [5.74, 6) is -0.296. The highest BCUT2D eigenvalue weighted by Crippen LogP contribution is 2.17. The van der Waals surface area contributed by atoms with Gasteiger partial charge in [0.25, 0.3) is 5.91 Å². The van der Waals surface area contributed by atoms with Crippen molar-refractivity contribution in [3.63, 3.8) is 0 Å². The standard InChI is InChI=1S/C14H16N2O4S/c1-3-8-5-11(20-10(8)4-2)13(17)15-6-12-16-9(7-21-12)14(18)19/h5,7H,3-4,6H2,1-2H3,(H,15,17)(H,18,19). The number of hydrogen-bond donors (Lipinski definition) is 2. The molecule has 2 aromatic rings. The van der Waals surface area contributed by atoms with Crippen LogP contribution in [-0.2, 0) is 19.4 Å². The molecule has 0 aliphatic carbocycles. The zero-order valence-electron chi connectivity index (χ0n) is 11.8. The van der Waals surface area contributed by atoms with E-state index >= 15 is 0 Å². The van der Waals surface area contributed by atoms with Gasteiger partial charge in [-0.3, -0.25) is 4.79 Å². The number of carbonyl (C=O) groups excluding carboxylic acids is 1. The third kappa shape index (κ3) is 3.49. The average molecular weight is 308 g/mol. The van der Waals surface area contributed by atoms with E-state index in [0.717, 1.165) is 24.2 Å². The summed E-state index contributed by atoms with van der Waals surface area (Å²) >= 11 is 1.20. The number of aryl methyl sites for hydroxylation is 2. The van der Waals surface area contributed by atoms with Crippen LogP contribution in [0.5, 0.6) is 0 Å². The minimum atomic E-state index is -1.07. The summed E-state index contributed by atoms with van der Waals surface area (Å²) in [5.41, 5.74) is 1.02. The van der Waals surface area contributed by atoms with Crippen LogP contribution >= 0.6 is 11.3 Å². The van der Waals surface area contributed by atoms with Crippen LogP contribution in [0.15, 0.2) is 15.9 Å². The van der Waals surface area contributed by atoms with E-state index in [4.69, 9.17) is 9.52 Å². The quantitative estimate of drug-likeness (QED) is 0.855. The topological polar surface area (TPSA) is 92.4 Å². The zero-order chi connectivity index (χ0) is 15.4. The van der Waals surface area contributed by atoms with E-state index < -0.39 is 5.97 Å². The smallest absolute Gasteiger partial charge is 0.355 e. The fourth-order valence-electron chi connectivity index (χ4n) is 1.91. The number of hydrogen-bond acceptors (Lipinski definition) is 5. The second-order valence-electron chi connectivity index (χ2n) is 4.38. The molecule has 0 aliphatic rings. The number of aromatic carboxylic acids is 1. The van der Waals surface area contributed by atoms with Crippen molar-refractivity contribution in [3.05, 3.63) is 39.2 Å². The molecule has 0 saturated carbocycles. The molecule has 0 fully saturated rings. The monoisotopic (exact) mass is 308 g/mol. The first-order valence-corrected chi connectivity index (χ1v) is 7.50. The molecule has 0 bridgehead atoms. The molecule has 0 saturated heterocycles. The van der Waals surface area contributed by atoms with Gasteiger partial charge in [-0.15, -0.1) is 11.3 Å². The van der Waals surface area contributed by atoms with E-state index in [1.807, 2.05) is 13.8 Å². The minimum Gasteiger partial charge on any atom is -0.476 e. The maximum absolute atomic E-state index is 12.0. The molecule has 2 N–H and O–H groups in total. The molecule has 2 rings (SSSR count). The molecule has 6 nitrogen and oxygen atoms in total. The molecule has 0 aliphatic heterocycles. The molecular formula is C14H16N2O4S. The van der Waals surface area contributed by atoms with Crippen molar-refractivity contribution < 1.29 is 19.1 Å². The van der Waals surface area contributed by atoms with Gasteiger partial charge < -0.3 is 14.8 Å². The van der Waals surface area contributed by atoms with Crippen LogP contribution in [0.25, 0.3) is 0 Å². The average Bonchev–Trinajstić information content (AvgIpc) is 3.10. The van der Waals surface area contributed by atoms with Crippen molar-refractivity contribution in [2.75, 3.05) is 0 Å². The molecule has 0 spiro atoms. The van der Waals surface area contributed by atoms with Crippen molar-refractivity contribution in [3.8, 4) is 0 Å². The summed E-state index contributed by atoms with van der Waals surface area (Å²) in [6, 6.07) is 1.75. The zero-order valence-corrected chi connectivity index (χ0v) is 12.6. The second-order valence-corrected chi connectivity index (χ2v) is 5.32. The van der Waals surface area contributed by atoms with Gasteiger partial charge in [0.15, 0.2) is 11.5 Å². The third-order valence-corrected chi connectivity index (χ3v) is 3.84. The van der Waals surface area contributed by atoms with Gasteiger partial charge in [0.2, 0.25) is 0 Å². The Bertz CT molecular complexity index is 638. The van der Waals surface area contributed by atoms with E-state index in [1.165, 1.54) is 16.7 Å². The minimum absolute atomic E-state index is 0.0104. The van der Waals surface area contributed by atoms with Crippen molar-refractivity contribution in [1.29, 1.82) is 0 Å². The summed E-state index contributed by atoms with van der Waals surface area (Å²) in [4.78, 5) is 26.6. The number of thiazole rings is 1. The number of carbonyl (C=O) groups is 2. The summed E-state index contributed by atoms with van der Waals surface area (Å²) < 4.78 is 5.53. The molecule has 0 unspecified atom stereocenters. The van der Waals surface area contributed by atoms with Crippen LogP contribution in [0, 0.1) is 0 Å². The first kappa shape index (κ1) is 15.2. The summed E-state index contributed by atoms with van der Waals surface area (Å²) in [6.07, 6.45) is 1.55. The van der Waals surface area contributed by atoms with Gasteiger partial charge in [0.1, 0.15) is 10.8 Å². The van der Waals surface area contributed by atoms with Crippen molar-refractivity contribution in [1.82, 2.24) is 10.3 Å². The van der Waals surface area contributed by atoms with Crippen LogP contribution in [0.3, 0.4) is 0 Å². The predicted octanol–water partition coefficient (Wildman–Crippen LogP) is 2.49. The Morgan fingerprint density at radius 2 is 2.14 bits per heavy atom. The summed E-state index contributed by atoms with van der Waals surface area (Å²) in [5, 5.41) is 13.4. The Kier molecular flexibility index (Phi) is 4.74. The Morgan fingerprint density at radius 1 is 1.38 bits per heavy atom. The van der Waals surface area contributed by atoms with Crippen LogP contribution in [0.4, 0.5) is 0 Å². The van der Waals surface area contributed by atoms with Gasteiger partial charge >= 0.3 is 5.97 Å². The van der Waals surface area contributed by atoms with E-state index in [0.29, 0.717) is 5.01 Å². The van der Waals surface area contributed by atoms with E-state index in [2.05, 4.69) is 10.3 Å². The Hall–Kier alpha value is -2.15. The highest BCUT2D eigenvalue weighted by atomic mass is 32.1. The molecule has 21 heavy (non-hydrogen) atoms. The fraction of sp³-hybridized carbons (Fsp3) is 0.357. The maximum Gasteiger partial charge on any atom is 0.355 e. The van der Waals surface area contributed by atoms with Gasteiger partial charge in [-0.2, -0.15) is 0 Å². The third-order valence-electron chi connectivity index (χ3n) is 2.99. The number of carboxylic acids is 1. The van der Waals surface area contributed by atoms with Crippen molar-refractivity contribution in [2.45, 2.75) is 33.2 Å². The molecule has 7 heteroatoms. The van der Waals surface area contributed by atoms with Gasteiger partial charge in [-0.05, 0) is 18.1 Å². The van der Waals surface area contributed by atoms with Gasteiger partial charge in [-0.25, -0.2) is 9.78 Å². The number of carboxylic acid groups (broad SMARTS) is 1. The number of nitrogens with zero attached hydrogens (tertiary/aromatic N) is 1. The lowest BCUT2D eigenvalue weighted by Crippen LogP contribution is -2.22. The first-order chi connectivity index (χ1) is 10.0. The highest BCUT2D eigenvalue weighted by Gasteiger charge is 2.15. The molecule has 112 valence electrons. The van der Waals surface area contributed by atoms with Gasteiger partial charge in [0.05, 0.1) is 6.54 Å². The normalized spacial score (nSPS) is 10.6. The van der Waals surface area contributed by atoms with E-state index in [-0.39, 0.29) is 23.9 Å². The van der Waals surface area contributed by atoms with Crippen molar-refractivity contribution >= 4 is 23.2 Å². The molecule has 2 aromatic heterocycles. The van der Waals surface area contributed by atoms with E-state index in [9.17, 15) is 9.59 Å². The number of nitrogens with one attached hydrogen (secondary N) is 1. The Labute approximate surface area is 125 Å². The lowest BCUT2D eigenvalue weighted by molar-refractivity contribution is 0.0691. The SMILES string of the molecule is CCc1cc(C(=O)NCc2nc(C(=O)O)cs2)oc1CC. The number of furan rings is 1. The Morgan fingerprint density at radius 3 is 2.67 bits per heavy atom. The second kappa shape index (κ2) is 6.53. The van der Waals surface area contributed by atoms with Gasteiger partial charge in [0, 0.05) is 11.8 Å². The molecular weight excluding hydrogens is 292 g/mol. The summed E-state index contributed by atoms with van der Waals surface area (Å²) in [7, 11) is 0. The van der Waals surface area contributed by atoms with E-state index in [1.54, 1.807) is 6.07 Å². The van der Waals surface area contributed by atoms with Crippen molar-refractivity contribution in [2.24, 2.45) is 0 Å².